The van der Waals surface area contributed by atoms with Gasteiger partial charge >= 0.3 is 0 Å². The van der Waals surface area contributed by atoms with Crippen molar-refractivity contribution in [1.82, 2.24) is 0 Å². The molecular weight excluding hydrogens is 400 g/mol. The van der Waals surface area contributed by atoms with Crippen LogP contribution in [0.5, 0.6) is 0 Å². The Morgan fingerprint density at radius 2 is 0.409 bits per heavy atom. The first kappa shape index (κ1) is 27.8. The summed E-state index contributed by atoms with van der Waals surface area (Å²) in [6, 6.07) is 0. The Bertz CT molecular complexity index is 142. The van der Waals surface area contributed by atoms with Crippen molar-refractivity contribution in [2.75, 3.05) is 0 Å². The van der Waals surface area contributed by atoms with Crippen LogP contribution in [0.3, 0.4) is 0 Å². The molecule has 0 amide bonds. The summed E-state index contributed by atoms with van der Waals surface area (Å²) in [4.78, 5) is 0. The number of halogens is 2. The number of rotatable bonds is 17. The van der Waals surface area contributed by atoms with Crippen LogP contribution in [0.2, 0.25) is 0 Å². The van der Waals surface area contributed by atoms with E-state index in [4.69, 9.17) is 0 Å². The van der Waals surface area contributed by atoms with Gasteiger partial charge in [0, 0.05) is 0 Å². The lowest BCUT2D eigenvalue weighted by Gasteiger charge is -2.03. The highest BCUT2D eigenvalue weighted by Crippen LogP contribution is 2.14. The molecule has 2 heteroatoms. The molecule has 22 heavy (non-hydrogen) atoms. The van der Waals surface area contributed by atoms with Crippen LogP contribution in [-0.2, 0) is 0 Å². The van der Waals surface area contributed by atoms with Gasteiger partial charge in [-0.25, -0.2) is 0 Å². The van der Waals surface area contributed by atoms with Crippen molar-refractivity contribution < 1.29 is 0 Å². The van der Waals surface area contributed by atoms with E-state index in [1.807, 2.05) is 0 Å². The zero-order chi connectivity index (χ0) is 14.7. The van der Waals surface area contributed by atoms with E-state index in [-0.39, 0.29) is 34.0 Å². The van der Waals surface area contributed by atoms with E-state index in [0.717, 1.165) is 0 Å². The summed E-state index contributed by atoms with van der Waals surface area (Å²) in [7, 11) is 0. The van der Waals surface area contributed by atoms with E-state index < -0.39 is 0 Å². The average molecular weight is 444 g/mol. The van der Waals surface area contributed by atoms with Gasteiger partial charge in [-0.3, -0.25) is 0 Å². The second-order valence-electron chi connectivity index (χ2n) is 6.66. The Morgan fingerprint density at radius 3 is 0.545 bits per heavy atom. The lowest BCUT2D eigenvalue weighted by molar-refractivity contribution is 0.526. The molecule has 0 unspecified atom stereocenters. The van der Waals surface area contributed by atoms with E-state index in [1.165, 1.54) is 116 Å². The molecule has 0 N–H and O–H groups in total. The Balaban J connectivity index is -0.00000180. The quantitative estimate of drug-likeness (QED) is 0.196. The molecule has 0 heterocycles. The van der Waals surface area contributed by atoms with Crippen LogP contribution in [0.15, 0.2) is 0 Å². The van der Waals surface area contributed by atoms with Crippen molar-refractivity contribution in [2.45, 2.75) is 129 Å². The third-order valence-electron chi connectivity index (χ3n) is 4.46. The predicted molar refractivity (Wildman–Crippen MR) is 115 cm³/mol. The first-order valence-corrected chi connectivity index (χ1v) is 9.91. The van der Waals surface area contributed by atoms with Gasteiger partial charge < -0.3 is 0 Å². The molecular formula is C20H44Br2. The smallest absolute Gasteiger partial charge is 0.0533 e. The molecule has 0 rings (SSSR count). The number of unbranched alkanes of at least 4 members (excludes halogenated alkanes) is 17. The summed E-state index contributed by atoms with van der Waals surface area (Å²) in [6.45, 7) is 4.59. The molecule has 0 fully saturated rings. The normalized spacial score (nSPS) is 10.1. The van der Waals surface area contributed by atoms with Gasteiger partial charge in [0.05, 0.1) is 0 Å². The summed E-state index contributed by atoms with van der Waals surface area (Å²) < 4.78 is 0. The van der Waals surface area contributed by atoms with E-state index in [0.29, 0.717) is 0 Å². The molecule has 0 saturated carbocycles. The van der Waals surface area contributed by atoms with Gasteiger partial charge in [0.1, 0.15) is 0 Å². The Hall–Kier alpha value is 0.960. The van der Waals surface area contributed by atoms with Gasteiger partial charge in [0.2, 0.25) is 0 Å². The molecule has 0 spiro atoms. The molecule has 138 valence electrons. The standard InChI is InChI=1S/C20H42.2BrH/c1-3-5-7-9-11-13-15-17-19-20-18-16-14-12-10-8-6-4-2;;/h3-20H2,1-2H3;2*1H. The summed E-state index contributed by atoms with van der Waals surface area (Å²) in [5.74, 6) is 0. The fraction of sp³-hybridized carbons (Fsp3) is 1.00. The Morgan fingerprint density at radius 1 is 0.273 bits per heavy atom. The van der Waals surface area contributed by atoms with Crippen molar-refractivity contribution in [3.05, 3.63) is 0 Å². The van der Waals surface area contributed by atoms with Gasteiger partial charge in [-0.2, -0.15) is 0 Å². The molecule has 0 aliphatic carbocycles. The highest BCUT2D eigenvalue weighted by molar-refractivity contribution is 8.93. The maximum absolute atomic E-state index is 2.30. The Kier molecular flexibility index (Phi) is 33.9. The maximum atomic E-state index is 2.30. The van der Waals surface area contributed by atoms with Crippen molar-refractivity contribution in [3.63, 3.8) is 0 Å². The first-order valence-electron chi connectivity index (χ1n) is 9.91. The highest BCUT2D eigenvalue weighted by atomic mass is 79.9. The largest absolute Gasteiger partial charge is 0.114 e. The zero-order valence-electron chi connectivity index (χ0n) is 15.5. The summed E-state index contributed by atoms with van der Waals surface area (Å²) in [5.41, 5.74) is 0. The zero-order valence-corrected chi connectivity index (χ0v) is 19.0. The van der Waals surface area contributed by atoms with Gasteiger partial charge in [-0.15, -0.1) is 34.0 Å². The lowest BCUT2D eigenvalue weighted by Crippen LogP contribution is -1.83. The van der Waals surface area contributed by atoms with Crippen molar-refractivity contribution in [2.24, 2.45) is 0 Å². The molecule has 0 aromatic carbocycles. The average Bonchev–Trinajstić information content (AvgIpc) is 2.47. The minimum absolute atomic E-state index is 0. The molecule has 0 nitrogen and oxygen atoms in total. The van der Waals surface area contributed by atoms with Crippen LogP contribution in [0.25, 0.3) is 0 Å². The van der Waals surface area contributed by atoms with E-state index in [2.05, 4.69) is 13.8 Å². The molecule has 0 atom stereocenters. The number of hydrogen-bond donors (Lipinski definition) is 0. The minimum atomic E-state index is 0. The van der Waals surface area contributed by atoms with Crippen LogP contribution < -0.4 is 0 Å². The van der Waals surface area contributed by atoms with Crippen molar-refractivity contribution in [3.8, 4) is 0 Å². The maximum Gasteiger partial charge on any atom is -0.0533 e. The second-order valence-corrected chi connectivity index (χ2v) is 6.66. The van der Waals surface area contributed by atoms with Crippen LogP contribution in [0.4, 0.5) is 0 Å². The van der Waals surface area contributed by atoms with Gasteiger partial charge in [-0.1, -0.05) is 129 Å². The SMILES string of the molecule is Br.Br.CCCCCCCCCCCCCCCCCCCC. The summed E-state index contributed by atoms with van der Waals surface area (Å²) in [6.07, 6.45) is 26.4. The molecule has 0 saturated heterocycles. The van der Waals surface area contributed by atoms with E-state index in [9.17, 15) is 0 Å². The molecule has 0 aliphatic heterocycles. The van der Waals surface area contributed by atoms with Crippen LogP contribution in [0.1, 0.15) is 129 Å². The molecule has 0 aromatic rings. The van der Waals surface area contributed by atoms with Crippen molar-refractivity contribution in [1.29, 1.82) is 0 Å². The van der Waals surface area contributed by atoms with Crippen LogP contribution >= 0.6 is 34.0 Å². The minimum Gasteiger partial charge on any atom is -0.114 e. The molecule has 0 aliphatic rings. The highest BCUT2D eigenvalue weighted by Gasteiger charge is 1.94. The fourth-order valence-corrected chi connectivity index (χ4v) is 2.97. The molecule has 0 bridgehead atoms. The second kappa shape index (κ2) is 26.8. The summed E-state index contributed by atoms with van der Waals surface area (Å²) >= 11 is 0. The fourth-order valence-electron chi connectivity index (χ4n) is 2.97. The topological polar surface area (TPSA) is 0 Å². The third kappa shape index (κ3) is 25.9. The summed E-state index contributed by atoms with van der Waals surface area (Å²) in [5, 5.41) is 0. The number of hydrogen-bond acceptors (Lipinski definition) is 0. The van der Waals surface area contributed by atoms with Gasteiger partial charge in [0.15, 0.2) is 0 Å². The van der Waals surface area contributed by atoms with Gasteiger partial charge in [-0.05, 0) is 0 Å². The lowest BCUT2D eigenvalue weighted by atomic mass is 10.0. The predicted octanol–water partition coefficient (Wildman–Crippen LogP) is 9.20. The van der Waals surface area contributed by atoms with Crippen molar-refractivity contribution >= 4 is 34.0 Å². The molecule has 0 aromatic heterocycles. The first-order chi connectivity index (χ1) is 9.91. The Labute approximate surface area is 163 Å². The molecule has 0 radical (unpaired) electrons. The van der Waals surface area contributed by atoms with E-state index in [1.54, 1.807) is 0 Å². The van der Waals surface area contributed by atoms with E-state index >= 15 is 0 Å². The third-order valence-corrected chi connectivity index (χ3v) is 4.46. The monoisotopic (exact) mass is 442 g/mol. The van der Waals surface area contributed by atoms with Crippen LogP contribution in [-0.4, -0.2) is 0 Å². The van der Waals surface area contributed by atoms with Gasteiger partial charge in [0.25, 0.3) is 0 Å². The van der Waals surface area contributed by atoms with Crippen LogP contribution in [0, 0.1) is 0 Å².